The Morgan fingerprint density at radius 1 is 0.128 bits per heavy atom. The van der Waals surface area contributed by atoms with Crippen LogP contribution in [0.2, 0.25) is 0 Å². The average molecular weight is 1970 g/mol. The molecule has 0 aliphatic rings. The minimum absolute atomic E-state index is 0.212. The minimum atomic E-state index is -1.15. The summed E-state index contributed by atoms with van der Waals surface area (Å²) in [6.45, 7) is 1.24. The Bertz CT molecular complexity index is 16100. The molecule has 0 fully saturated rings. The maximum Gasteiger partial charge on any atom is 0.136 e. The molecule has 3 nitrogen and oxygen atoms in total. The first-order chi connectivity index (χ1) is 110. The second-order valence-electron chi connectivity index (χ2n) is 32.0. The van der Waals surface area contributed by atoms with Crippen LogP contribution < -0.4 is 0 Å². The normalized spacial score (nSPS) is 20.1. The Hall–Kier alpha value is -19.3. The molecule has 690 valence electrons. The summed E-state index contributed by atoms with van der Waals surface area (Å²) in [4.78, 5) is 0. The van der Waals surface area contributed by atoms with Crippen molar-refractivity contribution >= 4 is 163 Å². The van der Waals surface area contributed by atoms with Gasteiger partial charge in [-0.15, -0.1) is 0 Å². The van der Waals surface area contributed by atoms with E-state index in [0.717, 1.165) is 0 Å². The van der Waals surface area contributed by atoms with Crippen LogP contribution in [0.1, 0.15) is 128 Å². The second-order valence-corrected chi connectivity index (χ2v) is 32.0. The molecule has 3 aromatic heterocycles. The molecule has 0 unspecified atom stereocenters. The largest absolute Gasteiger partial charge is 0.456 e. The van der Waals surface area contributed by atoms with Gasteiger partial charge in [-0.3, -0.25) is 0 Å². The van der Waals surface area contributed by atoms with Crippen molar-refractivity contribution in [1.29, 1.82) is 0 Å². The highest BCUT2D eigenvalue weighted by molar-refractivity contribution is 6.27. The van der Waals surface area contributed by atoms with Gasteiger partial charge in [-0.25, -0.2) is 0 Å². The maximum atomic E-state index is 9.73. The third-order valence-corrected chi connectivity index (χ3v) is 23.9. The summed E-state index contributed by atoms with van der Waals surface area (Å²) in [5.74, 6) is 0. The van der Waals surface area contributed by atoms with Crippen molar-refractivity contribution in [3.8, 4) is 134 Å². The van der Waals surface area contributed by atoms with E-state index in [2.05, 4.69) is 0 Å². The van der Waals surface area contributed by atoms with Gasteiger partial charge >= 0.3 is 0 Å². The van der Waals surface area contributed by atoms with Crippen molar-refractivity contribution in [3.63, 3.8) is 0 Å². The predicted octanol–water partition coefficient (Wildman–Crippen LogP) is 41.4. The summed E-state index contributed by atoms with van der Waals surface area (Å²) in [5, 5.41) is -15.5. The van der Waals surface area contributed by atoms with Crippen molar-refractivity contribution < 1.29 is 135 Å². The lowest BCUT2D eigenvalue weighted by Crippen LogP contribution is -1.92. The van der Waals surface area contributed by atoms with Gasteiger partial charge in [-0.2, -0.15) is 0 Å². The molecule has 0 spiro atoms. The SMILES string of the molecule is [2H]c1c([2H])c([2H])c(-c2c([2H])c([2H])c(-c3c4c([2H])c([2H])c([2H])c([2H])c4c(-c4c([2H])c([2H])c(-c5c([2H])c([2H])c([2H])c6oc7c([2H])c8c([2H])c([2H])c([2H])c([2H])c8c([2H])c7c56)c([2H])c4[2H])c4c([2H])c([2H])c([2H])c([2H])c34)c([2H])c2[2H])c([2H])c1[2H].[2H]c1c([2H])c([2H])c(-c2c([2H])c([2H])c([2H])c(-c3c4c([2H])c([2H])c([2H])c([2H])c4c(-c4c([2H])c([2H])c(-c5c([2H])c([2H])c([2H])c6oc7c([2H])c8c([2H])c([2H])c([2H])c([2H])c8c([2H])c7c56)c([2H])c4[2H])c4c([2H])c([2H])c([2H])c([2H])c34)c2[2H])c(C)c1[2H].[2H]c1c([2H])c([2H])c(-c2c([2H])c([2H])c([2H])c([2H])c2-c2c3c([2H])c([2H])c([2H])c([2H])c3c(-c3c([2H])c([2H])c(-c4c([2H])c([2H])c([2H])c5oc6c([2H])c7c([2H])c([2H])c([2H])c([2H])c7c([2H])c6c45)c([2H])c3[2H])c3c([2H])c([2H])c([2H])c([2H])c23)c([2H])c1[2H]. The Labute approximate surface area is 980 Å². The van der Waals surface area contributed by atoms with Gasteiger partial charge in [0.25, 0.3) is 0 Å². The van der Waals surface area contributed by atoms with E-state index in [1.807, 2.05) is 0 Å². The van der Waals surface area contributed by atoms with Gasteiger partial charge in [0.2, 0.25) is 0 Å². The zero-order valence-electron chi connectivity index (χ0n) is 163. The van der Waals surface area contributed by atoms with Gasteiger partial charge in [0.15, 0.2) is 0 Å². The first-order valence-corrected chi connectivity index (χ1v) is 43.7. The summed E-state index contributed by atoms with van der Waals surface area (Å²) in [6, 6.07) is -84.6. The van der Waals surface area contributed by atoms with Gasteiger partial charge in [0.05, 0.1) is 122 Å². The molecule has 0 radical (unpaired) electrons. The zero-order chi connectivity index (χ0) is 175. The topological polar surface area (TPSA) is 39.4 Å². The Morgan fingerprint density at radius 2 is 0.345 bits per heavy atom. The molecule has 0 aliphatic heterocycles. The molecule has 30 rings (SSSR count). The predicted molar refractivity (Wildman–Crippen MR) is 629 cm³/mol. The van der Waals surface area contributed by atoms with Crippen LogP contribution in [0.4, 0.5) is 0 Å². The minimum Gasteiger partial charge on any atom is -0.456 e. The molecule has 0 aliphatic carbocycles. The Balaban J connectivity index is 0.000000152. The van der Waals surface area contributed by atoms with Crippen LogP contribution >= 0.6 is 0 Å². The molecule has 30 aromatic rings. The van der Waals surface area contributed by atoms with Crippen LogP contribution in [0, 0.1) is 6.92 Å². The lowest BCUT2D eigenvalue weighted by atomic mass is 9.83. The molecule has 0 bridgehead atoms. The first kappa shape index (κ1) is 35.0. The molecular weight excluding hydrogens is 1790 g/mol. The first-order valence-electron chi connectivity index (χ1n) is 88.2. The smallest absolute Gasteiger partial charge is 0.136 e. The molecule has 0 atom stereocenters. The van der Waals surface area contributed by atoms with Crippen molar-refractivity contribution in [3.05, 3.63) is 543 Å². The molecule has 148 heavy (non-hydrogen) atoms. The van der Waals surface area contributed by atoms with E-state index >= 15 is 0 Å². The van der Waals surface area contributed by atoms with E-state index in [-0.39, 0.29) is 5.56 Å². The molecule has 0 N–H and O–H groups in total. The summed E-state index contributed by atoms with van der Waals surface area (Å²) in [6.07, 6.45) is 0. The molecular formula is C145H92O3. The van der Waals surface area contributed by atoms with E-state index < -0.39 is 834 Å². The second kappa shape index (κ2) is 36.3. The monoisotopic (exact) mass is 1970 g/mol. The highest BCUT2D eigenvalue weighted by atomic mass is 16.3. The highest BCUT2D eigenvalue weighted by Crippen LogP contribution is 2.53. The highest BCUT2D eigenvalue weighted by Gasteiger charge is 2.26. The third kappa shape index (κ3) is 15.0. The fourth-order valence-corrected chi connectivity index (χ4v) is 17.6. The van der Waals surface area contributed by atoms with Gasteiger partial charge in [0, 0.05) is 32.3 Å². The Morgan fingerprint density at radius 3 is 0.682 bits per heavy atom. The van der Waals surface area contributed by atoms with Crippen molar-refractivity contribution in [2.75, 3.05) is 0 Å². The number of hydrogen-bond donors (Lipinski definition) is 0. The quantitative estimate of drug-likeness (QED) is 0.114. The number of benzene rings is 27. The molecule has 3 heteroatoms. The van der Waals surface area contributed by atoms with Crippen LogP contribution in [-0.2, 0) is 0 Å². The van der Waals surface area contributed by atoms with Crippen LogP contribution in [0.5, 0.6) is 0 Å². The molecule has 0 amide bonds. The van der Waals surface area contributed by atoms with Crippen LogP contribution in [0.25, 0.3) is 296 Å². The number of furan rings is 3. The van der Waals surface area contributed by atoms with E-state index in [4.69, 9.17) is 83.2 Å². The molecule has 27 aromatic carbocycles. The lowest BCUT2D eigenvalue weighted by molar-refractivity contribution is 0.669. The van der Waals surface area contributed by atoms with Gasteiger partial charge < -0.3 is 13.3 Å². The van der Waals surface area contributed by atoms with Crippen molar-refractivity contribution in [1.82, 2.24) is 0 Å². The zero-order valence-corrected chi connectivity index (χ0v) is 74.2. The molecule has 0 saturated carbocycles. The molecule has 0 saturated heterocycles. The fraction of sp³-hybridized carbons (Fsp3) is 0.00690. The summed E-state index contributed by atoms with van der Waals surface area (Å²) < 4.78 is 819. The summed E-state index contributed by atoms with van der Waals surface area (Å²) in [7, 11) is 0. The van der Waals surface area contributed by atoms with E-state index in [9.17, 15) is 52.1 Å². The van der Waals surface area contributed by atoms with Gasteiger partial charge in [-0.05, 0) is 303 Å². The van der Waals surface area contributed by atoms with Gasteiger partial charge in [-0.1, -0.05) is 477 Å². The van der Waals surface area contributed by atoms with E-state index in [0.29, 0.717) is 0 Å². The average Bonchev–Trinajstić information content (AvgIpc) is 0.863. The summed E-state index contributed by atoms with van der Waals surface area (Å²) in [5.41, 5.74) is -22.9. The summed E-state index contributed by atoms with van der Waals surface area (Å²) >= 11 is 0. The number of fused-ring (bicyclic) bond motifs is 18. The third-order valence-electron chi connectivity index (χ3n) is 23.9. The lowest BCUT2D eigenvalue weighted by Gasteiger charge is -2.20. The fourth-order valence-electron chi connectivity index (χ4n) is 17.6. The van der Waals surface area contributed by atoms with E-state index in [1.54, 1.807) is 0 Å². The van der Waals surface area contributed by atoms with Crippen molar-refractivity contribution in [2.45, 2.75) is 6.92 Å². The van der Waals surface area contributed by atoms with Crippen molar-refractivity contribution in [2.24, 2.45) is 0 Å². The van der Waals surface area contributed by atoms with Crippen LogP contribution in [0.3, 0.4) is 0 Å². The van der Waals surface area contributed by atoms with E-state index in [1.165, 1.54) is 6.92 Å². The Kier molecular flexibility index (Phi) is 8.59. The number of hydrogen-bond acceptors (Lipinski definition) is 3. The molecule has 3 heterocycles. The number of rotatable bonds is 12. The standard InChI is InChI=1S/C49H32O.2C48H30O/c1-31-12-2-5-17-38(31)36-15-10-16-37(28-36)48-42-20-8-6-18-40(42)47(41-19-7-9-21-43(41)48)33-26-24-32(25-27-33)39-22-11-23-45-49(39)44-29-34-13-3-4-14-35(34)30-46(44)50-45;1-2-11-31(12-3-1)32-21-25-34(26-22-32)46-39-15-6-8-17-41(39)47(42-18-9-7-16-40(42)46)35-27-23-33(24-28-35)38-19-10-20-44-48(38)43-29-36-13-4-5-14-37(36)30-45(43)49-44;1-2-13-31(14-3-1)36-17-6-7-18-38(36)47-41-21-10-8-19-39(41)46(40-20-9-11-22-42(40)47)33-27-25-32(26-28-33)37-23-12-24-44-48(37)43-29-34-15-4-5-16-35(34)30-45(43)49-44/h2-30H,1H3;2*1-30H/i2D,3D,4D,5D,6D,7D,8D,9D,10D,11D,12D,13D,14D,15D,16D,17D,18D,19D,20D,21D,22D,23D,24D,25D,26D,27D,28D,29D,30D;2*1D,2D,3D,4D,5D,6D,7D,8D,9D,10D,11D,12D,13D,14D,15D,16D,17D,18D,19D,20D,21D,22D,23D,24D,25D,26D,27D,28D,29D,30D. The van der Waals surface area contributed by atoms with Crippen LogP contribution in [-0.4, -0.2) is 0 Å². The maximum absolute atomic E-state index is 9.73. The van der Waals surface area contributed by atoms with Gasteiger partial charge in [0.1, 0.15) is 33.5 Å². The van der Waals surface area contributed by atoms with Crippen LogP contribution in [0.15, 0.2) is 551 Å².